The van der Waals surface area contributed by atoms with Gasteiger partial charge in [-0.3, -0.25) is 4.79 Å². The van der Waals surface area contributed by atoms with Crippen LogP contribution in [0.1, 0.15) is 68.9 Å². The van der Waals surface area contributed by atoms with Crippen LogP contribution in [0.15, 0.2) is 48.5 Å². The lowest BCUT2D eigenvalue weighted by molar-refractivity contribution is -0.143. The number of benzene rings is 2. The predicted octanol–water partition coefficient (Wildman–Crippen LogP) is 5.19. The van der Waals surface area contributed by atoms with Crippen molar-refractivity contribution in [2.45, 2.75) is 63.8 Å². The van der Waals surface area contributed by atoms with Crippen LogP contribution >= 0.6 is 0 Å². The van der Waals surface area contributed by atoms with Crippen molar-refractivity contribution in [2.24, 2.45) is 0 Å². The molecule has 0 spiro atoms. The number of carboxylic acids is 1. The lowest BCUT2D eigenvalue weighted by Gasteiger charge is -2.21. The minimum absolute atomic E-state index is 0.0814. The van der Waals surface area contributed by atoms with Crippen molar-refractivity contribution >= 4 is 18.0 Å². The summed E-state index contributed by atoms with van der Waals surface area (Å²) in [6, 6.07) is 14.6. The third-order valence-electron chi connectivity index (χ3n) is 6.59. The predicted molar refractivity (Wildman–Crippen MR) is 135 cm³/mol. The molecule has 1 aliphatic rings. The molecule has 0 heterocycles. The van der Waals surface area contributed by atoms with Crippen LogP contribution in [-0.2, 0) is 14.3 Å². The number of hydrogen-bond donors (Lipinski definition) is 2. The highest BCUT2D eigenvalue weighted by atomic mass is 16.5. The molecule has 0 bridgehead atoms. The van der Waals surface area contributed by atoms with E-state index in [1.165, 1.54) is 24.2 Å². The zero-order valence-corrected chi connectivity index (χ0v) is 20.7. The molecule has 188 valence electrons. The average Bonchev–Trinajstić information content (AvgIpc) is 3.18. The molecule has 2 aromatic rings. The first-order chi connectivity index (χ1) is 16.9. The maximum absolute atomic E-state index is 12.5. The normalized spacial score (nSPS) is 13.0. The van der Waals surface area contributed by atoms with Gasteiger partial charge >= 0.3 is 12.1 Å². The van der Waals surface area contributed by atoms with Gasteiger partial charge in [-0.1, -0.05) is 87.6 Å². The molecule has 2 amide bonds. The number of nitrogens with one attached hydrogen (secondary N) is 1. The van der Waals surface area contributed by atoms with Crippen LogP contribution in [0.5, 0.6) is 0 Å². The largest absolute Gasteiger partial charge is 0.480 e. The number of rotatable bonds is 13. The van der Waals surface area contributed by atoms with E-state index >= 15 is 0 Å². The third-order valence-corrected chi connectivity index (χ3v) is 6.59. The summed E-state index contributed by atoms with van der Waals surface area (Å²) in [5.41, 5.74) is 4.37. The summed E-state index contributed by atoms with van der Waals surface area (Å²) in [7, 11) is 1.67. The highest BCUT2D eigenvalue weighted by Gasteiger charge is 2.30. The van der Waals surface area contributed by atoms with Crippen LogP contribution in [0.4, 0.5) is 4.79 Å². The van der Waals surface area contributed by atoms with Crippen molar-refractivity contribution in [3.63, 3.8) is 0 Å². The van der Waals surface area contributed by atoms with Gasteiger partial charge in [0.15, 0.2) is 0 Å². The Morgan fingerprint density at radius 1 is 0.943 bits per heavy atom. The Labute approximate surface area is 207 Å². The molecule has 0 radical (unpaired) electrons. The van der Waals surface area contributed by atoms with Crippen molar-refractivity contribution < 1.29 is 24.2 Å². The van der Waals surface area contributed by atoms with E-state index in [2.05, 4.69) is 12.2 Å². The number of ether oxygens (including phenoxy) is 1. The zero-order valence-electron chi connectivity index (χ0n) is 20.7. The Morgan fingerprint density at radius 2 is 1.51 bits per heavy atom. The standard InChI is InChI=1S/C28H36N2O5/c1-3-4-5-6-7-12-17-30(2)26(31)18-25(27(32)33)29-28(34)35-19-24-22-15-10-8-13-20(22)21-14-9-11-16-23(21)24/h8-11,13-16,24-25H,3-7,12,17-19H2,1-2H3,(H,29,34)(H,32,33). The van der Waals surface area contributed by atoms with Crippen LogP contribution in [0.3, 0.4) is 0 Å². The van der Waals surface area contributed by atoms with E-state index in [9.17, 15) is 19.5 Å². The SMILES string of the molecule is CCCCCCCCN(C)C(=O)CC(NC(=O)OCC1c2ccccc2-c2ccccc21)C(=O)O. The number of nitrogens with zero attached hydrogens (tertiary/aromatic N) is 1. The second-order valence-corrected chi connectivity index (χ2v) is 9.15. The fourth-order valence-electron chi connectivity index (χ4n) is 4.57. The van der Waals surface area contributed by atoms with E-state index in [0.29, 0.717) is 6.54 Å². The van der Waals surface area contributed by atoms with Crippen molar-refractivity contribution in [1.82, 2.24) is 10.2 Å². The molecule has 0 aromatic heterocycles. The maximum atomic E-state index is 12.5. The first-order valence-corrected chi connectivity index (χ1v) is 12.5. The summed E-state index contributed by atoms with van der Waals surface area (Å²) >= 11 is 0. The number of hydrogen-bond acceptors (Lipinski definition) is 4. The van der Waals surface area contributed by atoms with E-state index < -0.39 is 18.1 Å². The Bertz CT molecular complexity index is 976. The highest BCUT2D eigenvalue weighted by molar-refractivity contribution is 5.87. The number of aliphatic carboxylic acids is 1. The minimum atomic E-state index is -1.34. The first kappa shape index (κ1) is 26.3. The molecule has 7 nitrogen and oxygen atoms in total. The van der Waals surface area contributed by atoms with Crippen LogP contribution in [-0.4, -0.2) is 54.2 Å². The van der Waals surface area contributed by atoms with Crippen molar-refractivity contribution in [3.05, 3.63) is 59.7 Å². The number of carbonyl (C=O) groups is 3. The van der Waals surface area contributed by atoms with Crippen LogP contribution < -0.4 is 5.32 Å². The monoisotopic (exact) mass is 480 g/mol. The molecule has 0 saturated carbocycles. The van der Waals surface area contributed by atoms with Gasteiger partial charge in [0.25, 0.3) is 0 Å². The quantitative estimate of drug-likeness (QED) is 0.385. The minimum Gasteiger partial charge on any atom is -0.480 e. The molecule has 7 heteroatoms. The second-order valence-electron chi connectivity index (χ2n) is 9.15. The molecular weight excluding hydrogens is 444 g/mol. The summed E-state index contributed by atoms with van der Waals surface area (Å²) in [6.07, 6.45) is 5.50. The smallest absolute Gasteiger partial charge is 0.407 e. The number of fused-ring (bicyclic) bond motifs is 3. The van der Waals surface area contributed by atoms with E-state index in [1.54, 1.807) is 7.05 Å². The van der Waals surface area contributed by atoms with Gasteiger partial charge in [-0.25, -0.2) is 9.59 Å². The van der Waals surface area contributed by atoms with Crippen molar-refractivity contribution in [2.75, 3.05) is 20.2 Å². The van der Waals surface area contributed by atoms with Gasteiger partial charge in [-0.05, 0) is 28.7 Å². The Hall–Kier alpha value is -3.35. The summed E-state index contributed by atoms with van der Waals surface area (Å²) < 4.78 is 5.44. The van der Waals surface area contributed by atoms with Crippen LogP contribution in [0.25, 0.3) is 11.1 Å². The lowest BCUT2D eigenvalue weighted by atomic mass is 9.98. The number of carboxylic acid groups (broad SMARTS) is 1. The van der Waals surface area contributed by atoms with E-state index in [-0.39, 0.29) is 24.9 Å². The third kappa shape index (κ3) is 7.07. The fraction of sp³-hybridized carbons (Fsp3) is 0.464. The summed E-state index contributed by atoms with van der Waals surface area (Å²) in [5.74, 6) is -1.70. The molecule has 1 aliphatic carbocycles. The summed E-state index contributed by atoms with van der Waals surface area (Å²) in [6.45, 7) is 2.82. The van der Waals surface area contributed by atoms with Crippen molar-refractivity contribution in [1.29, 1.82) is 0 Å². The van der Waals surface area contributed by atoms with E-state index in [1.807, 2.05) is 48.5 Å². The van der Waals surface area contributed by atoms with Crippen LogP contribution in [0, 0.1) is 0 Å². The van der Waals surface area contributed by atoms with E-state index in [0.717, 1.165) is 41.5 Å². The fourth-order valence-corrected chi connectivity index (χ4v) is 4.57. The van der Waals surface area contributed by atoms with Crippen LogP contribution in [0.2, 0.25) is 0 Å². The van der Waals surface area contributed by atoms with E-state index in [4.69, 9.17) is 4.74 Å². The molecule has 1 atom stereocenters. The zero-order chi connectivity index (χ0) is 25.2. The van der Waals surface area contributed by atoms with Gasteiger partial charge in [0.05, 0.1) is 6.42 Å². The topological polar surface area (TPSA) is 95.9 Å². The van der Waals surface area contributed by atoms with Gasteiger partial charge < -0.3 is 20.1 Å². The average molecular weight is 481 g/mol. The molecule has 0 saturated heterocycles. The highest BCUT2D eigenvalue weighted by Crippen LogP contribution is 2.44. The molecule has 3 rings (SSSR count). The summed E-state index contributed by atoms with van der Waals surface area (Å²) in [4.78, 5) is 38.2. The van der Waals surface area contributed by atoms with Gasteiger partial charge in [-0.2, -0.15) is 0 Å². The Morgan fingerprint density at radius 3 is 2.11 bits per heavy atom. The first-order valence-electron chi connectivity index (χ1n) is 12.5. The van der Waals surface area contributed by atoms with Gasteiger partial charge in [0, 0.05) is 19.5 Å². The number of amides is 2. The number of carbonyl (C=O) groups excluding carboxylic acids is 2. The summed E-state index contributed by atoms with van der Waals surface area (Å²) in [5, 5.41) is 11.9. The molecule has 0 aliphatic heterocycles. The molecule has 1 unspecified atom stereocenters. The molecular formula is C28H36N2O5. The van der Waals surface area contributed by atoms with Gasteiger partial charge in [0.1, 0.15) is 12.6 Å². The Kier molecular flexibility index (Phi) is 9.70. The van der Waals surface area contributed by atoms with Gasteiger partial charge in [-0.15, -0.1) is 0 Å². The molecule has 2 N–H and O–H groups in total. The number of unbranched alkanes of at least 4 members (excludes halogenated alkanes) is 5. The molecule has 2 aromatic carbocycles. The molecule has 35 heavy (non-hydrogen) atoms. The van der Waals surface area contributed by atoms with Crippen molar-refractivity contribution in [3.8, 4) is 11.1 Å². The van der Waals surface area contributed by atoms with Gasteiger partial charge in [0.2, 0.25) is 5.91 Å². The maximum Gasteiger partial charge on any atom is 0.407 e. The lowest BCUT2D eigenvalue weighted by Crippen LogP contribution is -2.45. The molecule has 0 fully saturated rings. The Balaban J connectivity index is 1.50. The number of alkyl carbamates (subject to hydrolysis) is 1. The second kappa shape index (κ2) is 12.9.